The predicted molar refractivity (Wildman–Crippen MR) is 56.0 cm³/mol. The standard InChI is InChI=1S/C7H8IN3O2/c8-4-5(3-1-9-2-3)10-7(13)11-6(4)12/h3,9H,1-2H2,(H2,10,11,12,13). The van der Waals surface area contributed by atoms with Crippen LogP contribution in [0.1, 0.15) is 11.6 Å². The number of nitrogens with one attached hydrogen (secondary N) is 3. The highest BCUT2D eigenvalue weighted by Crippen LogP contribution is 2.18. The van der Waals surface area contributed by atoms with Gasteiger partial charge in [-0.1, -0.05) is 0 Å². The Hall–Kier alpha value is -0.630. The Morgan fingerprint density at radius 2 is 1.92 bits per heavy atom. The average Bonchev–Trinajstić information content (AvgIpc) is 1.95. The molecule has 1 aliphatic heterocycles. The normalized spacial score (nSPS) is 17.0. The molecular weight excluding hydrogens is 285 g/mol. The first-order chi connectivity index (χ1) is 6.18. The number of halogens is 1. The monoisotopic (exact) mass is 293 g/mol. The maximum atomic E-state index is 11.2. The lowest BCUT2D eigenvalue weighted by molar-refractivity contribution is 0.436. The first-order valence-electron chi connectivity index (χ1n) is 3.91. The lowest BCUT2D eigenvalue weighted by atomic mass is 9.99. The highest BCUT2D eigenvalue weighted by molar-refractivity contribution is 14.1. The molecule has 0 aromatic carbocycles. The van der Waals surface area contributed by atoms with Crippen molar-refractivity contribution in [3.05, 3.63) is 30.1 Å². The summed E-state index contributed by atoms with van der Waals surface area (Å²) in [7, 11) is 0. The topological polar surface area (TPSA) is 77.8 Å². The van der Waals surface area contributed by atoms with Crippen LogP contribution >= 0.6 is 22.6 Å². The van der Waals surface area contributed by atoms with E-state index in [2.05, 4.69) is 15.3 Å². The van der Waals surface area contributed by atoms with Crippen molar-refractivity contribution in [2.45, 2.75) is 5.92 Å². The molecule has 2 rings (SSSR count). The van der Waals surface area contributed by atoms with Crippen molar-refractivity contribution in [1.29, 1.82) is 0 Å². The molecule has 0 saturated carbocycles. The molecule has 5 nitrogen and oxygen atoms in total. The molecule has 1 saturated heterocycles. The molecule has 0 aliphatic carbocycles. The first kappa shape index (κ1) is 8.95. The smallest absolute Gasteiger partial charge is 0.315 e. The minimum atomic E-state index is -0.424. The summed E-state index contributed by atoms with van der Waals surface area (Å²) >= 11 is 1.95. The third-order valence-corrected chi connectivity index (χ3v) is 3.17. The molecule has 1 fully saturated rings. The zero-order valence-corrected chi connectivity index (χ0v) is 8.84. The highest BCUT2D eigenvalue weighted by Gasteiger charge is 2.23. The van der Waals surface area contributed by atoms with Gasteiger partial charge in [-0.3, -0.25) is 9.78 Å². The van der Waals surface area contributed by atoms with Crippen LogP contribution in [0, 0.1) is 3.57 Å². The molecule has 0 amide bonds. The van der Waals surface area contributed by atoms with E-state index < -0.39 is 5.69 Å². The van der Waals surface area contributed by atoms with Crippen LogP contribution in [-0.4, -0.2) is 23.1 Å². The molecule has 3 N–H and O–H groups in total. The largest absolute Gasteiger partial charge is 0.325 e. The average molecular weight is 293 g/mol. The number of aromatic nitrogens is 2. The Balaban J connectivity index is 2.55. The molecule has 0 atom stereocenters. The van der Waals surface area contributed by atoms with Gasteiger partial charge >= 0.3 is 5.69 Å². The summed E-state index contributed by atoms with van der Waals surface area (Å²) in [5.74, 6) is 0.280. The fraction of sp³-hybridized carbons (Fsp3) is 0.429. The Morgan fingerprint density at radius 3 is 2.46 bits per heavy atom. The second-order valence-corrected chi connectivity index (χ2v) is 4.07. The molecule has 0 unspecified atom stereocenters. The van der Waals surface area contributed by atoms with Crippen LogP contribution in [0.2, 0.25) is 0 Å². The van der Waals surface area contributed by atoms with E-state index in [1.165, 1.54) is 0 Å². The summed E-state index contributed by atoms with van der Waals surface area (Å²) in [5.41, 5.74) is 0.0340. The van der Waals surface area contributed by atoms with E-state index in [-0.39, 0.29) is 11.5 Å². The van der Waals surface area contributed by atoms with Crippen LogP contribution in [0.5, 0.6) is 0 Å². The highest BCUT2D eigenvalue weighted by atomic mass is 127. The summed E-state index contributed by atoms with van der Waals surface area (Å²) in [6.45, 7) is 1.66. The van der Waals surface area contributed by atoms with E-state index in [9.17, 15) is 9.59 Å². The number of hydrogen-bond acceptors (Lipinski definition) is 3. The van der Waals surface area contributed by atoms with Crippen molar-refractivity contribution in [1.82, 2.24) is 15.3 Å². The Morgan fingerprint density at radius 1 is 1.23 bits per heavy atom. The van der Waals surface area contributed by atoms with E-state index in [1.54, 1.807) is 0 Å². The van der Waals surface area contributed by atoms with Gasteiger partial charge < -0.3 is 10.3 Å². The molecular formula is C7H8IN3O2. The van der Waals surface area contributed by atoms with Crippen LogP contribution in [0.25, 0.3) is 0 Å². The molecule has 1 aromatic rings. The van der Waals surface area contributed by atoms with E-state index >= 15 is 0 Å². The molecule has 13 heavy (non-hydrogen) atoms. The summed E-state index contributed by atoms with van der Waals surface area (Å²) < 4.78 is 0.587. The number of aromatic amines is 2. The minimum absolute atomic E-state index is 0.280. The van der Waals surface area contributed by atoms with Crippen LogP contribution in [0.4, 0.5) is 0 Å². The van der Waals surface area contributed by atoms with Crippen LogP contribution in [0.3, 0.4) is 0 Å². The van der Waals surface area contributed by atoms with Gasteiger partial charge in [-0.2, -0.15) is 0 Å². The fourth-order valence-corrected chi connectivity index (χ4v) is 1.97. The van der Waals surface area contributed by atoms with Crippen LogP contribution in [0.15, 0.2) is 9.59 Å². The molecule has 1 aliphatic rings. The quantitative estimate of drug-likeness (QED) is 0.602. The Labute approximate surface area is 87.1 Å². The SMILES string of the molecule is O=c1[nH]c(C2CNC2)c(I)c(=O)[nH]1. The summed E-state index contributed by atoms with van der Waals surface area (Å²) in [6, 6.07) is 0. The van der Waals surface area contributed by atoms with Crippen molar-refractivity contribution in [3.8, 4) is 0 Å². The molecule has 1 aromatic heterocycles. The van der Waals surface area contributed by atoms with Gasteiger partial charge in [-0.25, -0.2) is 4.79 Å². The molecule has 0 spiro atoms. The second-order valence-electron chi connectivity index (χ2n) is 2.99. The third-order valence-electron chi connectivity index (χ3n) is 2.10. The van der Waals surface area contributed by atoms with Gasteiger partial charge in [0.1, 0.15) is 0 Å². The van der Waals surface area contributed by atoms with E-state index in [1.807, 2.05) is 22.6 Å². The van der Waals surface area contributed by atoms with Crippen molar-refractivity contribution < 1.29 is 0 Å². The van der Waals surface area contributed by atoms with E-state index in [4.69, 9.17) is 0 Å². The van der Waals surface area contributed by atoms with Crippen molar-refractivity contribution in [2.24, 2.45) is 0 Å². The summed E-state index contributed by atoms with van der Waals surface area (Å²) in [4.78, 5) is 27.0. The predicted octanol–water partition coefficient (Wildman–Crippen LogP) is -0.645. The van der Waals surface area contributed by atoms with Crippen molar-refractivity contribution in [2.75, 3.05) is 13.1 Å². The summed E-state index contributed by atoms with van der Waals surface area (Å²) in [6.07, 6.45) is 0. The lowest BCUT2D eigenvalue weighted by Gasteiger charge is -2.27. The van der Waals surface area contributed by atoms with Crippen molar-refractivity contribution >= 4 is 22.6 Å². The van der Waals surface area contributed by atoms with Crippen molar-refractivity contribution in [3.63, 3.8) is 0 Å². The number of rotatable bonds is 1. The third kappa shape index (κ3) is 1.55. The van der Waals surface area contributed by atoms with Gasteiger partial charge in [-0.05, 0) is 22.6 Å². The lowest BCUT2D eigenvalue weighted by Crippen LogP contribution is -2.43. The van der Waals surface area contributed by atoms with E-state index in [0.717, 1.165) is 18.8 Å². The Kier molecular flexibility index (Phi) is 2.24. The fourth-order valence-electron chi connectivity index (χ4n) is 1.26. The molecule has 2 heterocycles. The van der Waals surface area contributed by atoms with Gasteiger partial charge in [0.15, 0.2) is 0 Å². The maximum absolute atomic E-state index is 11.2. The zero-order valence-electron chi connectivity index (χ0n) is 6.69. The van der Waals surface area contributed by atoms with Gasteiger partial charge in [0.2, 0.25) is 0 Å². The summed E-state index contributed by atoms with van der Waals surface area (Å²) in [5, 5.41) is 3.09. The number of H-pyrrole nitrogens is 2. The maximum Gasteiger partial charge on any atom is 0.325 e. The number of hydrogen-bond donors (Lipinski definition) is 3. The van der Waals surface area contributed by atoms with Gasteiger partial charge in [0.05, 0.1) is 3.57 Å². The molecule has 0 bridgehead atoms. The van der Waals surface area contributed by atoms with Gasteiger partial charge in [0.25, 0.3) is 5.56 Å². The molecule has 6 heteroatoms. The van der Waals surface area contributed by atoms with Crippen LogP contribution < -0.4 is 16.6 Å². The Bertz CT molecular complexity index is 432. The van der Waals surface area contributed by atoms with Gasteiger partial charge in [0, 0.05) is 24.7 Å². The van der Waals surface area contributed by atoms with E-state index in [0.29, 0.717) is 3.57 Å². The molecule has 0 radical (unpaired) electrons. The zero-order chi connectivity index (χ0) is 9.42. The minimum Gasteiger partial charge on any atom is -0.315 e. The van der Waals surface area contributed by atoms with Gasteiger partial charge in [-0.15, -0.1) is 0 Å². The van der Waals surface area contributed by atoms with Crippen LogP contribution in [-0.2, 0) is 0 Å². The second kappa shape index (κ2) is 3.26. The molecule has 70 valence electrons. The first-order valence-corrected chi connectivity index (χ1v) is 4.99.